The molecule has 0 saturated heterocycles. The fraction of sp³-hybridized carbons (Fsp3) is 1.00. The van der Waals surface area contributed by atoms with Crippen LogP contribution < -0.4 is 5.32 Å². The lowest BCUT2D eigenvalue weighted by atomic mass is 9.79. The average Bonchev–Trinajstić information content (AvgIpc) is 2.17. The zero-order valence-electron chi connectivity index (χ0n) is 11.7. The number of hydrogen-bond acceptors (Lipinski definition) is 2. The molecule has 0 radical (unpaired) electrons. The van der Waals surface area contributed by atoms with Gasteiger partial charge in [0.05, 0.1) is 11.2 Å². The van der Waals surface area contributed by atoms with Crippen LogP contribution in [0, 0.1) is 5.92 Å². The molecule has 0 aliphatic heterocycles. The SMILES string of the molecule is CCNCC1(OC(C)(C)C)CCC(C)CC1. The van der Waals surface area contributed by atoms with Gasteiger partial charge in [-0.25, -0.2) is 0 Å². The predicted octanol–water partition coefficient (Wildman–Crippen LogP) is 3.36. The van der Waals surface area contributed by atoms with Crippen molar-refractivity contribution in [2.75, 3.05) is 13.1 Å². The van der Waals surface area contributed by atoms with Gasteiger partial charge in [0.25, 0.3) is 0 Å². The zero-order chi connectivity index (χ0) is 12.2. The molecule has 1 fully saturated rings. The first-order chi connectivity index (χ1) is 7.37. The maximum absolute atomic E-state index is 6.35. The second kappa shape index (κ2) is 5.50. The van der Waals surface area contributed by atoms with Gasteiger partial charge in [0.15, 0.2) is 0 Å². The molecule has 1 rings (SSSR count). The minimum absolute atomic E-state index is 0.0317. The molecule has 0 aromatic rings. The summed E-state index contributed by atoms with van der Waals surface area (Å²) in [5.41, 5.74) is 0.0524. The molecule has 0 bridgehead atoms. The molecule has 96 valence electrons. The lowest BCUT2D eigenvalue weighted by Gasteiger charge is -2.43. The van der Waals surface area contributed by atoms with Crippen LogP contribution in [0.2, 0.25) is 0 Å². The van der Waals surface area contributed by atoms with E-state index in [1.54, 1.807) is 0 Å². The van der Waals surface area contributed by atoms with Crippen molar-refractivity contribution in [2.24, 2.45) is 5.92 Å². The molecule has 1 saturated carbocycles. The van der Waals surface area contributed by atoms with Crippen LogP contribution in [0.25, 0.3) is 0 Å². The Morgan fingerprint density at radius 3 is 2.25 bits per heavy atom. The molecular formula is C14H29NO. The molecule has 1 aliphatic carbocycles. The smallest absolute Gasteiger partial charge is 0.0813 e. The molecule has 0 spiro atoms. The van der Waals surface area contributed by atoms with Gasteiger partial charge in [-0.1, -0.05) is 13.8 Å². The van der Waals surface area contributed by atoms with E-state index in [1.807, 2.05) is 0 Å². The predicted molar refractivity (Wildman–Crippen MR) is 69.7 cm³/mol. The Labute approximate surface area is 101 Å². The van der Waals surface area contributed by atoms with Gasteiger partial charge >= 0.3 is 0 Å². The fourth-order valence-electron chi connectivity index (χ4n) is 2.61. The third kappa shape index (κ3) is 4.42. The lowest BCUT2D eigenvalue weighted by Crippen LogP contribution is -2.49. The Morgan fingerprint density at radius 1 is 1.25 bits per heavy atom. The lowest BCUT2D eigenvalue weighted by molar-refractivity contribution is -0.150. The Kier molecular flexibility index (Phi) is 4.81. The summed E-state index contributed by atoms with van der Waals surface area (Å²) in [6, 6.07) is 0. The summed E-state index contributed by atoms with van der Waals surface area (Å²) in [4.78, 5) is 0. The molecule has 0 aromatic carbocycles. The van der Waals surface area contributed by atoms with Gasteiger partial charge in [0, 0.05) is 6.54 Å². The molecular weight excluding hydrogens is 198 g/mol. The van der Waals surface area contributed by atoms with Gasteiger partial charge in [-0.3, -0.25) is 0 Å². The Balaban J connectivity index is 2.61. The monoisotopic (exact) mass is 227 g/mol. The normalized spacial score (nSPS) is 31.7. The average molecular weight is 227 g/mol. The van der Waals surface area contributed by atoms with E-state index in [0.29, 0.717) is 0 Å². The number of hydrogen-bond donors (Lipinski definition) is 1. The van der Waals surface area contributed by atoms with E-state index in [2.05, 4.69) is 39.9 Å². The van der Waals surface area contributed by atoms with Crippen LogP contribution in [0.15, 0.2) is 0 Å². The van der Waals surface area contributed by atoms with Crippen molar-refractivity contribution in [3.8, 4) is 0 Å². The third-order valence-electron chi connectivity index (χ3n) is 3.41. The van der Waals surface area contributed by atoms with Crippen molar-refractivity contribution < 1.29 is 4.74 Å². The van der Waals surface area contributed by atoms with Crippen molar-refractivity contribution in [1.82, 2.24) is 5.32 Å². The number of nitrogens with one attached hydrogen (secondary N) is 1. The first-order valence-corrected chi connectivity index (χ1v) is 6.78. The second-order valence-corrected chi connectivity index (χ2v) is 6.36. The first kappa shape index (κ1) is 14.0. The standard InChI is InChI=1S/C14H29NO/c1-6-15-11-14(16-13(3,4)5)9-7-12(2)8-10-14/h12,15H,6-11H2,1-5H3. The van der Waals surface area contributed by atoms with Crippen molar-refractivity contribution in [2.45, 2.75) is 71.5 Å². The molecule has 1 aliphatic rings. The highest BCUT2D eigenvalue weighted by atomic mass is 16.5. The van der Waals surface area contributed by atoms with E-state index >= 15 is 0 Å². The number of rotatable bonds is 4. The molecule has 0 aromatic heterocycles. The molecule has 0 atom stereocenters. The third-order valence-corrected chi connectivity index (χ3v) is 3.41. The van der Waals surface area contributed by atoms with Crippen LogP contribution in [0.5, 0.6) is 0 Å². The van der Waals surface area contributed by atoms with E-state index in [4.69, 9.17) is 4.74 Å². The van der Waals surface area contributed by atoms with Crippen LogP contribution in [0.3, 0.4) is 0 Å². The van der Waals surface area contributed by atoms with Gasteiger partial charge in [-0.05, 0) is 58.9 Å². The summed E-state index contributed by atoms with van der Waals surface area (Å²) >= 11 is 0. The van der Waals surface area contributed by atoms with Crippen LogP contribution in [0.4, 0.5) is 0 Å². The Bertz CT molecular complexity index is 194. The van der Waals surface area contributed by atoms with Crippen LogP contribution in [-0.2, 0) is 4.74 Å². The maximum Gasteiger partial charge on any atom is 0.0813 e. The summed E-state index contributed by atoms with van der Waals surface area (Å²) < 4.78 is 6.35. The first-order valence-electron chi connectivity index (χ1n) is 6.78. The number of likely N-dealkylation sites (N-methyl/N-ethyl adjacent to an activating group) is 1. The molecule has 0 unspecified atom stereocenters. The van der Waals surface area contributed by atoms with Crippen LogP contribution in [0.1, 0.15) is 60.3 Å². The summed E-state index contributed by atoms with van der Waals surface area (Å²) in [6.45, 7) is 13.1. The van der Waals surface area contributed by atoms with E-state index in [1.165, 1.54) is 25.7 Å². The van der Waals surface area contributed by atoms with Crippen molar-refractivity contribution in [3.05, 3.63) is 0 Å². The summed E-state index contributed by atoms with van der Waals surface area (Å²) in [5.74, 6) is 0.873. The minimum atomic E-state index is -0.0317. The molecule has 1 N–H and O–H groups in total. The zero-order valence-corrected chi connectivity index (χ0v) is 11.7. The highest BCUT2D eigenvalue weighted by molar-refractivity contribution is 4.90. The van der Waals surface area contributed by atoms with Gasteiger partial charge in [-0.2, -0.15) is 0 Å². The Hall–Kier alpha value is -0.0800. The van der Waals surface area contributed by atoms with Gasteiger partial charge < -0.3 is 10.1 Å². The maximum atomic E-state index is 6.35. The summed E-state index contributed by atoms with van der Waals surface area (Å²) in [5, 5.41) is 3.47. The van der Waals surface area contributed by atoms with Crippen molar-refractivity contribution in [1.29, 1.82) is 0 Å². The highest BCUT2D eigenvalue weighted by Gasteiger charge is 2.37. The quantitative estimate of drug-likeness (QED) is 0.795. The van der Waals surface area contributed by atoms with Crippen LogP contribution >= 0.6 is 0 Å². The van der Waals surface area contributed by atoms with Crippen LogP contribution in [-0.4, -0.2) is 24.3 Å². The fourth-order valence-corrected chi connectivity index (χ4v) is 2.61. The molecule has 2 nitrogen and oxygen atoms in total. The second-order valence-electron chi connectivity index (χ2n) is 6.36. The molecule has 0 heterocycles. The summed E-state index contributed by atoms with van der Waals surface area (Å²) in [6.07, 6.45) is 5.03. The van der Waals surface area contributed by atoms with E-state index in [-0.39, 0.29) is 11.2 Å². The summed E-state index contributed by atoms with van der Waals surface area (Å²) in [7, 11) is 0. The minimum Gasteiger partial charge on any atom is -0.368 e. The number of ether oxygens (including phenoxy) is 1. The van der Waals surface area contributed by atoms with E-state index in [0.717, 1.165) is 19.0 Å². The van der Waals surface area contributed by atoms with Crippen molar-refractivity contribution >= 4 is 0 Å². The van der Waals surface area contributed by atoms with Gasteiger partial charge in [0.1, 0.15) is 0 Å². The highest BCUT2D eigenvalue weighted by Crippen LogP contribution is 2.37. The van der Waals surface area contributed by atoms with E-state index < -0.39 is 0 Å². The molecule has 2 heteroatoms. The van der Waals surface area contributed by atoms with Crippen molar-refractivity contribution in [3.63, 3.8) is 0 Å². The largest absolute Gasteiger partial charge is 0.368 e. The Morgan fingerprint density at radius 2 is 1.81 bits per heavy atom. The van der Waals surface area contributed by atoms with Gasteiger partial charge in [-0.15, -0.1) is 0 Å². The van der Waals surface area contributed by atoms with E-state index in [9.17, 15) is 0 Å². The van der Waals surface area contributed by atoms with Gasteiger partial charge in [0.2, 0.25) is 0 Å². The molecule has 16 heavy (non-hydrogen) atoms. The topological polar surface area (TPSA) is 21.3 Å². The molecule has 0 amide bonds.